The van der Waals surface area contributed by atoms with Crippen molar-refractivity contribution in [2.24, 2.45) is 5.73 Å². The first kappa shape index (κ1) is 10.4. The Morgan fingerprint density at radius 1 is 1.42 bits per heavy atom. The molecule has 2 N–H and O–H groups in total. The van der Waals surface area contributed by atoms with E-state index in [9.17, 15) is 0 Å². The van der Waals surface area contributed by atoms with Gasteiger partial charge in [0, 0.05) is 24.1 Å². The van der Waals surface area contributed by atoms with E-state index in [1.54, 1.807) is 0 Å². The van der Waals surface area contributed by atoms with Crippen LogP contribution in [0.5, 0.6) is 0 Å². The van der Waals surface area contributed by atoms with Crippen molar-refractivity contribution in [2.45, 2.75) is 25.0 Å². The molecule has 0 aromatic carbocycles. The molecule has 1 aliphatic rings. The van der Waals surface area contributed by atoms with Crippen molar-refractivity contribution in [3.05, 3.63) is 0 Å². The van der Waals surface area contributed by atoms with Crippen molar-refractivity contribution >= 4 is 11.8 Å². The highest BCUT2D eigenvalue weighted by Crippen LogP contribution is 2.12. The topological polar surface area (TPSA) is 29.3 Å². The summed E-state index contributed by atoms with van der Waals surface area (Å²) in [5.74, 6) is 1.25. The summed E-state index contributed by atoms with van der Waals surface area (Å²) in [5.41, 5.74) is 5.53. The predicted molar refractivity (Wildman–Crippen MR) is 56.6 cm³/mol. The smallest absolute Gasteiger partial charge is 0.0142 e. The zero-order chi connectivity index (χ0) is 8.81. The van der Waals surface area contributed by atoms with Gasteiger partial charge in [-0.05, 0) is 25.9 Å². The van der Waals surface area contributed by atoms with Crippen LogP contribution in [0.4, 0.5) is 0 Å². The summed E-state index contributed by atoms with van der Waals surface area (Å²) in [6.07, 6.45) is 2.80. The molecule has 1 rings (SSSR count). The van der Waals surface area contributed by atoms with Gasteiger partial charge in [-0.25, -0.2) is 0 Å². The summed E-state index contributed by atoms with van der Waals surface area (Å²) in [5, 5.41) is 0.632. The fraction of sp³-hybridized carbons (Fsp3) is 1.00. The van der Waals surface area contributed by atoms with Crippen molar-refractivity contribution in [3.8, 4) is 0 Å². The highest BCUT2D eigenvalue weighted by Gasteiger charge is 2.10. The Kier molecular flexibility index (Phi) is 5.04. The van der Waals surface area contributed by atoms with Gasteiger partial charge in [0.25, 0.3) is 0 Å². The highest BCUT2D eigenvalue weighted by atomic mass is 32.2. The molecule has 1 atom stereocenters. The summed E-state index contributed by atoms with van der Waals surface area (Å²) < 4.78 is 0. The molecular weight excluding hydrogens is 168 g/mol. The van der Waals surface area contributed by atoms with E-state index in [1.807, 2.05) is 11.8 Å². The van der Waals surface area contributed by atoms with E-state index in [0.29, 0.717) is 5.25 Å². The minimum absolute atomic E-state index is 0.632. The zero-order valence-electron chi connectivity index (χ0n) is 7.96. The molecule has 1 unspecified atom stereocenters. The Morgan fingerprint density at radius 3 is 2.67 bits per heavy atom. The predicted octanol–water partition coefficient (Wildman–Crippen LogP) is 1.16. The maximum absolute atomic E-state index is 5.53. The van der Waals surface area contributed by atoms with E-state index in [-0.39, 0.29) is 0 Å². The van der Waals surface area contributed by atoms with Crippen LogP contribution in [0.15, 0.2) is 0 Å². The minimum Gasteiger partial charge on any atom is -0.329 e. The van der Waals surface area contributed by atoms with Gasteiger partial charge in [-0.2, -0.15) is 11.8 Å². The fourth-order valence-electron chi connectivity index (χ4n) is 1.46. The Bertz CT molecular complexity index is 113. The van der Waals surface area contributed by atoms with E-state index in [2.05, 4.69) is 11.8 Å². The number of hydrogen-bond acceptors (Lipinski definition) is 3. The molecule has 0 aromatic rings. The summed E-state index contributed by atoms with van der Waals surface area (Å²) in [7, 11) is 0. The standard InChI is InChI=1S/C9H20N2S/c1-9(8-10)12-7-6-11-4-2-3-5-11/h9H,2-8,10H2,1H3. The van der Waals surface area contributed by atoms with Gasteiger partial charge in [0.15, 0.2) is 0 Å². The molecule has 1 fully saturated rings. The van der Waals surface area contributed by atoms with Gasteiger partial charge in [-0.1, -0.05) is 6.92 Å². The van der Waals surface area contributed by atoms with E-state index in [1.165, 1.54) is 38.2 Å². The third kappa shape index (κ3) is 3.78. The lowest BCUT2D eigenvalue weighted by Gasteiger charge is -2.15. The molecule has 0 radical (unpaired) electrons. The molecule has 1 saturated heterocycles. The quantitative estimate of drug-likeness (QED) is 0.702. The molecule has 12 heavy (non-hydrogen) atoms. The lowest BCUT2D eigenvalue weighted by molar-refractivity contribution is 0.362. The first-order chi connectivity index (χ1) is 5.83. The molecule has 1 heterocycles. The fourth-order valence-corrected chi connectivity index (χ4v) is 2.36. The Balaban J connectivity index is 1.94. The Labute approximate surface area is 79.9 Å². The molecule has 3 heteroatoms. The van der Waals surface area contributed by atoms with E-state index < -0.39 is 0 Å². The second kappa shape index (κ2) is 5.84. The van der Waals surface area contributed by atoms with Gasteiger partial charge >= 0.3 is 0 Å². The van der Waals surface area contributed by atoms with Crippen molar-refractivity contribution in [2.75, 3.05) is 31.9 Å². The molecule has 0 amide bonds. The van der Waals surface area contributed by atoms with E-state index in [0.717, 1.165) is 6.54 Å². The molecule has 2 nitrogen and oxygen atoms in total. The molecule has 0 bridgehead atoms. The first-order valence-electron chi connectivity index (χ1n) is 4.87. The second-order valence-corrected chi connectivity index (χ2v) is 5.01. The maximum Gasteiger partial charge on any atom is 0.0142 e. The van der Waals surface area contributed by atoms with Crippen LogP contribution in [0.25, 0.3) is 0 Å². The number of hydrogen-bond donors (Lipinski definition) is 1. The Hall–Kier alpha value is 0.270. The van der Waals surface area contributed by atoms with Crippen LogP contribution in [0.1, 0.15) is 19.8 Å². The van der Waals surface area contributed by atoms with E-state index in [4.69, 9.17) is 5.73 Å². The van der Waals surface area contributed by atoms with Gasteiger partial charge < -0.3 is 10.6 Å². The van der Waals surface area contributed by atoms with Gasteiger partial charge in [0.05, 0.1) is 0 Å². The average Bonchev–Trinajstić information content (AvgIpc) is 2.57. The number of nitrogens with two attached hydrogens (primary N) is 1. The van der Waals surface area contributed by atoms with Gasteiger partial charge in [-0.15, -0.1) is 0 Å². The van der Waals surface area contributed by atoms with Crippen LogP contribution in [0.3, 0.4) is 0 Å². The molecule has 0 spiro atoms. The summed E-state index contributed by atoms with van der Waals surface area (Å²) in [6.45, 7) is 6.91. The molecule has 0 saturated carbocycles. The number of rotatable bonds is 5. The van der Waals surface area contributed by atoms with Crippen LogP contribution in [0, 0.1) is 0 Å². The largest absolute Gasteiger partial charge is 0.329 e. The van der Waals surface area contributed by atoms with Gasteiger partial charge in [0.2, 0.25) is 0 Å². The average molecular weight is 188 g/mol. The van der Waals surface area contributed by atoms with Crippen LogP contribution in [0.2, 0.25) is 0 Å². The second-order valence-electron chi connectivity index (χ2n) is 3.47. The molecule has 0 aliphatic carbocycles. The number of likely N-dealkylation sites (tertiary alicyclic amines) is 1. The highest BCUT2D eigenvalue weighted by molar-refractivity contribution is 7.99. The third-order valence-electron chi connectivity index (χ3n) is 2.34. The molecule has 1 aliphatic heterocycles. The van der Waals surface area contributed by atoms with Crippen LogP contribution < -0.4 is 5.73 Å². The van der Waals surface area contributed by atoms with Crippen molar-refractivity contribution in [1.82, 2.24) is 4.90 Å². The lowest BCUT2D eigenvalue weighted by Crippen LogP contribution is -2.23. The zero-order valence-corrected chi connectivity index (χ0v) is 8.78. The van der Waals surface area contributed by atoms with Gasteiger partial charge in [0.1, 0.15) is 0 Å². The lowest BCUT2D eigenvalue weighted by atomic mass is 10.4. The normalized spacial score (nSPS) is 21.5. The molecular formula is C9H20N2S. The van der Waals surface area contributed by atoms with E-state index >= 15 is 0 Å². The van der Waals surface area contributed by atoms with Crippen molar-refractivity contribution in [3.63, 3.8) is 0 Å². The van der Waals surface area contributed by atoms with Gasteiger partial charge in [-0.3, -0.25) is 0 Å². The number of thioether (sulfide) groups is 1. The SMILES string of the molecule is CC(CN)SCCN1CCCC1. The van der Waals surface area contributed by atoms with Crippen LogP contribution in [-0.4, -0.2) is 42.1 Å². The summed E-state index contributed by atoms with van der Waals surface area (Å²) >= 11 is 2.00. The molecule has 0 aromatic heterocycles. The Morgan fingerprint density at radius 2 is 2.08 bits per heavy atom. The third-order valence-corrected chi connectivity index (χ3v) is 3.52. The minimum atomic E-state index is 0.632. The first-order valence-corrected chi connectivity index (χ1v) is 5.92. The van der Waals surface area contributed by atoms with Crippen molar-refractivity contribution < 1.29 is 0 Å². The maximum atomic E-state index is 5.53. The van der Waals surface area contributed by atoms with Crippen LogP contribution >= 0.6 is 11.8 Å². The number of nitrogens with zero attached hydrogens (tertiary/aromatic N) is 1. The van der Waals surface area contributed by atoms with Crippen LogP contribution in [-0.2, 0) is 0 Å². The summed E-state index contributed by atoms with van der Waals surface area (Å²) in [4.78, 5) is 2.55. The summed E-state index contributed by atoms with van der Waals surface area (Å²) in [6, 6.07) is 0. The molecule has 72 valence electrons. The monoisotopic (exact) mass is 188 g/mol. The van der Waals surface area contributed by atoms with Crippen molar-refractivity contribution in [1.29, 1.82) is 0 Å².